The number of nitrogens with zero attached hydrogens (tertiary/aromatic N) is 1. The van der Waals surface area contributed by atoms with Gasteiger partial charge in [-0.15, -0.1) is 0 Å². The molecule has 2 atom stereocenters. The highest BCUT2D eigenvalue weighted by atomic mass is 32.2. The number of carbonyl (C=O) groups excluding carboxylic acids is 2. The lowest BCUT2D eigenvalue weighted by Gasteiger charge is -2.39. The molecular weight excluding hydrogens is 234 g/mol. The maximum Gasteiger partial charge on any atom is 0.207 e. The first kappa shape index (κ1) is 12.4. The van der Waals surface area contributed by atoms with Gasteiger partial charge in [-0.1, -0.05) is 30.8 Å². The van der Waals surface area contributed by atoms with Crippen molar-refractivity contribution in [2.75, 3.05) is 19.3 Å². The van der Waals surface area contributed by atoms with Crippen molar-refractivity contribution in [3.05, 3.63) is 23.9 Å². The number of carbonyl (C=O) groups is 2. The molecule has 0 aromatic carbocycles. The molecular formula is C13H17NO2S. The number of fused-ring (bicyclic) bond motifs is 1. The topological polar surface area (TPSA) is 37.4 Å². The molecule has 0 N–H and O–H groups in total. The number of piperidine rings is 1. The van der Waals surface area contributed by atoms with E-state index in [-0.39, 0.29) is 17.0 Å². The van der Waals surface area contributed by atoms with Crippen LogP contribution in [-0.2, 0) is 9.59 Å². The van der Waals surface area contributed by atoms with E-state index >= 15 is 0 Å². The lowest BCUT2D eigenvalue weighted by atomic mass is 9.80. The summed E-state index contributed by atoms with van der Waals surface area (Å²) in [4.78, 5) is 25.5. The highest BCUT2D eigenvalue weighted by Gasteiger charge is 2.36. The summed E-state index contributed by atoms with van der Waals surface area (Å²) in [5.41, 5.74) is 1.03. The molecule has 0 saturated carbocycles. The van der Waals surface area contributed by atoms with Gasteiger partial charge < -0.3 is 4.90 Å². The fourth-order valence-electron chi connectivity index (χ4n) is 2.49. The summed E-state index contributed by atoms with van der Waals surface area (Å²) in [6.07, 6.45) is 8.39. The van der Waals surface area contributed by atoms with Crippen molar-refractivity contribution in [3.8, 4) is 0 Å². The Morgan fingerprint density at radius 1 is 1.59 bits per heavy atom. The Balaban J connectivity index is 2.20. The van der Waals surface area contributed by atoms with Gasteiger partial charge in [-0.2, -0.15) is 0 Å². The normalized spacial score (nSPS) is 27.8. The van der Waals surface area contributed by atoms with Crippen LogP contribution in [0.2, 0.25) is 0 Å². The molecule has 1 saturated heterocycles. The van der Waals surface area contributed by atoms with E-state index in [0.717, 1.165) is 5.70 Å². The molecule has 1 heterocycles. The van der Waals surface area contributed by atoms with Crippen LogP contribution >= 0.6 is 11.8 Å². The smallest absolute Gasteiger partial charge is 0.207 e. The molecule has 0 amide bonds. The molecule has 1 fully saturated rings. The van der Waals surface area contributed by atoms with Crippen LogP contribution in [0.15, 0.2) is 23.9 Å². The third kappa shape index (κ3) is 2.46. The minimum Gasteiger partial charge on any atom is -0.366 e. The first-order valence-electron chi connectivity index (χ1n) is 5.86. The largest absolute Gasteiger partial charge is 0.366 e. The summed E-state index contributed by atoms with van der Waals surface area (Å²) >= 11 is 1.25. The predicted molar refractivity (Wildman–Crippen MR) is 69.6 cm³/mol. The third-order valence-corrected chi connectivity index (χ3v) is 4.00. The van der Waals surface area contributed by atoms with Crippen LogP contribution in [0.25, 0.3) is 0 Å². The number of hydrogen-bond donors (Lipinski definition) is 0. The molecule has 0 bridgehead atoms. The molecule has 1 aliphatic carbocycles. The van der Waals surface area contributed by atoms with Gasteiger partial charge in [0.05, 0.1) is 12.5 Å². The Morgan fingerprint density at radius 2 is 2.35 bits per heavy atom. The van der Waals surface area contributed by atoms with E-state index in [2.05, 4.69) is 17.9 Å². The number of rotatable bonds is 2. The summed E-state index contributed by atoms with van der Waals surface area (Å²) in [6, 6.07) is 0. The van der Waals surface area contributed by atoms with Crippen LogP contribution in [0, 0.1) is 11.8 Å². The van der Waals surface area contributed by atoms with Gasteiger partial charge in [-0.25, -0.2) is 0 Å². The summed E-state index contributed by atoms with van der Waals surface area (Å²) in [7, 11) is 0. The molecule has 17 heavy (non-hydrogen) atoms. The van der Waals surface area contributed by atoms with E-state index < -0.39 is 0 Å². The number of ketones is 1. The fraction of sp³-hybridized carbons (Fsp3) is 0.538. The monoisotopic (exact) mass is 251 g/mol. The maximum absolute atomic E-state index is 11.9. The molecule has 0 spiro atoms. The molecule has 2 rings (SSSR count). The molecule has 1 aliphatic heterocycles. The number of likely N-dealkylation sites (tertiary alicyclic amines) is 1. The molecule has 2 unspecified atom stereocenters. The van der Waals surface area contributed by atoms with Crippen LogP contribution in [0.3, 0.4) is 0 Å². The summed E-state index contributed by atoms with van der Waals surface area (Å²) in [5.74, 6) is 0.513. The van der Waals surface area contributed by atoms with Crippen molar-refractivity contribution in [2.45, 2.75) is 13.3 Å². The number of Topliss-reactive ketones (excluding diaryl/α,β-unsaturated/α-hetero) is 1. The van der Waals surface area contributed by atoms with Gasteiger partial charge >= 0.3 is 0 Å². The zero-order chi connectivity index (χ0) is 12.4. The Kier molecular flexibility index (Phi) is 3.72. The van der Waals surface area contributed by atoms with Crippen molar-refractivity contribution in [1.82, 2.24) is 4.90 Å². The van der Waals surface area contributed by atoms with Crippen molar-refractivity contribution in [2.24, 2.45) is 11.8 Å². The quantitative estimate of drug-likeness (QED) is 0.750. The Bertz CT molecular complexity index is 400. The van der Waals surface area contributed by atoms with Crippen molar-refractivity contribution >= 4 is 22.7 Å². The molecule has 4 heteroatoms. The van der Waals surface area contributed by atoms with E-state index in [4.69, 9.17) is 0 Å². The Morgan fingerprint density at radius 3 is 3.06 bits per heavy atom. The van der Waals surface area contributed by atoms with Gasteiger partial charge in [-0.3, -0.25) is 9.59 Å². The summed E-state index contributed by atoms with van der Waals surface area (Å²) in [6.45, 7) is 3.15. The van der Waals surface area contributed by atoms with E-state index in [9.17, 15) is 9.59 Å². The third-order valence-electron chi connectivity index (χ3n) is 3.41. The summed E-state index contributed by atoms with van der Waals surface area (Å²) in [5, 5.41) is 0.154. The van der Waals surface area contributed by atoms with Gasteiger partial charge in [-0.05, 0) is 18.2 Å². The molecule has 2 aliphatic rings. The first-order valence-corrected chi connectivity index (χ1v) is 7.09. The second-order valence-electron chi connectivity index (χ2n) is 4.53. The van der Waals surface area contributed by atoms with E-state index in [1.807, 2.05) is 12.2 Å². The molecule has 3 nitrogen and oxygen atoms in total. The van der Waals surface area contributed by atoms with Crippen LogP contribution in [0.4, 0.5) is 0 Å². The lowest BCUT2D eigenvalue weighted by Crippen LogP contribution is -2.43. The van der Waals surface area contributed by atoms with Crippen LogP contribution in [-0.4, -0.2) is 35.1 Å². The van der Waals surface area contributed by atoms with Gasteiger partial charge in [0.25, 0.3) is 0 Å². The van der Waals surface area contributed by atoms with Gasteiger partial charge in [0.1, 0.15) is 5.78 Å². The SMILES string of the molecule is CSC(=O)CN1CCC(=O)C2C1=CC=CC2C. The minimum atomic E-state index is -0.0385. The van der Waals surface area contributed by atoms with Crippen LogP contribution in [0.1, 0.15) is 13.3 Å². The zero-order valence-electron chi connectivity index (χ0n) is 10.2. The summed E-state index contributed by atoms with van der Waals surface area (Å²) < 4.78 is 0. The van der Waals surface area contributed by atoms with Gasteiger partial charge in [0, 0.05) is 18.7 Å². The Labute approximate surface area is 106 Å². The second-order valence-corrected chi connectivity index (χ2v) is 5.39. The number of hydrogen-bond acceptors (Lipinski definition) is 4. The predicted octanol–water partition coefficient (Wildman–Crippen LogP) is 1.86. The average molecular weight is 251 g/mol. The zero-order valence-corrected chi connectivity index (χ0v) is 11.0. The minimum absolute atomic E-state index is 0.0385. The molecule has 0 radical (unpaired) electrons. The molecule has 92 valence electrons. The Hall–Kier alpha value is -1.03. The standard InChI is InChI=1S/C13H17NO2S/c1-9-4-3-5-10-13(9)11(15)6-7-14(10)8-12(16)17-2/h3-5,9,13H,6-8H2,1-2H3. The average Bonchev–Trinajstić information content (AvgIpc) is 2.32. The highest BCUT2D eigenvalue weighted by Crippen LogP contribution is 2.33. The van der Waals surface area contributed by atoms with Gasteiger partial charge in [0.15, 0.2) is 0 Å². The van der Waals surface area contributed by atoms with Crippen molar-refractivity contribution < 1.29 is 9.59 Å². The fourth-order valence-corrected chi connectivity index (χ4v) is 2.78. The van der Waals surface area contributed by atoms with E-state index in [0.29, 0.717) is 25.3 Å². The van der Waals surface area contributed by atoms with Crippen LogP contribution < -0.4 is 0 Å². The van der Waals surface area contributed by atoms with Gasteiger partial charge in [0.2, 0.25) is 5.12 Å². The highest BCUT2D eigenvalue weighted by molar-refractivity contribution is 8.13. The maximum atomic E-state index is 11.9. The second kappa shape index (κ2) is 5.08. The molecule has 0 aromatic heterocycles. The number of thioether (sulfide) groups is 1. The van der Waals surface area contributed by atoms with Crippen LogP contribution in [0.5, 0.6) is 0 Å². The lowest BCUT2D eigenvalue weighted by molar-refractivity contribution is -0.126. The van der Waals surface area contributed by atoms with Crippen molar-refractivity contribution in [1.29, 1.82) is 0 Å². The van der Waals surface area contributed by atoms with Crippen molar-refractivity contribution in [3.63, 3.8) is 0 Å². The van der Waals surface area contributed by atoms with E-state index in [1.165, 1.54) is 11.8 Å². The molecule has 0 aromatic rings. The van der Waals surface area contributed by atoms with E-state index in [1.54, 1.807) is 6.26 Å². The first-order chi connectivity index (χ1) is 8.13. The number of allylic oxidation sites excluding steroid dienone is 4.